The molecule has 11 heavy (non-hydrogen) atoms. The van der Waals surface area contributed by atoms with Crippen LogP contribution < -0.4 is 5.19 Å². The van der Waals surface area contributed by atoms with Crippen LogP contribution in [-0.2, 0) is 0 Å². The second-order valence-corrected chi connectivity index (χ2v) is 5.50. The summed E-state index contributed by atoms with van der Waals surface area (Å²) < 4.78 is 12.6. The van der Waals surface area contributed by atoms with E-state index >= 15 is 0 Å². The molecule has 2 heteroatoms. The number of rotatable bonds is 1. The Morgan fingerprint density at radius 2 is 1.91 bits per heavy atom. The first-order chi connectivity index (χ1) is 5.11. The maximum absolute atomic E-state index is 12.6. The summed E-state index contributed by atoms with van der Waals surface area (Å²) in [5.74, 6) is -0.130. The Labute approximate surface area is 68.7 Å². The lowest BCUT2D eigenvalue weighted by molar-refractivity contribution is 0.627. The van der Waals surface area contributed by atoms with Gasteiger partial charge in [-0.15, -0.1) is 0 Å². The Bertz CT molecular complexity index is 256. The molecule has 0 saturated heterocycles. The van der Waals surface area contributed by atoms with E-state index in [2.05, 4.69) is 13.1 Å². The van der Waals surface area contributed by atoms with Gasteiger partial charge in [-0.25, -0.2) is 4.39 Å². The normalized spacial score (nSPS) is 10.6. The molecule has 0 aliphatic heterocycles. The molecule has 0 heterocycles. The van der Waals surface area contributed by atoms with Crippen LogP contribution in [-0.4, -0.2) is 8.80 Å². The van der Waals surface area contributed by atoms with Gasteiger partial charge < -0.3 is 0 Å². The minimum Gasteiger partial charge on any atom is -0.207 e. The predicted octanol–water partition coefficient (Wildman–Crippen LogP) is 2.10. The van der Waals surface area contributed by atoms with Crippen LogP contribution in [0.5, 0.6) is 0 Å². The molecule has 0 saturated carbocycles. The maximum atomic E-state index is 12.6. The molecule has 0 unspecified atom stereocenters. The molecular weight excluding hydrogens is 155 g/mol. The number of hydrogen-bond donors (Lipinski definition) is 0. The second-order valence-electron chi connectivity index (χ2n) is 2.96. The highest BCUT2D eigenvalue weighted by Crippen LogP contribution is 2.00. The molecule has 0 aliphatic carbocycles. The molecule has 0 fully saturated rings. The molecule has 1 rings (SSSR count). The quantitative estimate of drug-likeness (QED) is 0.562. The lowest BCUT2D eigenvalue weighted by Gasteiger charge is -2.06. The average molecular weight is 167 g/mol. The average Bonchev–Trinajstić information content (AvgIpc) is 1.85. The van der Waals surface area contributed by atoms with Crippen LogP contribution >= 0.6 is 0 Å². The van der Waals surface area contributed by atoms with E-state index in [1.165, 1.54) is 5.19 Å². The summed E-state index contributed by atoms with van der Waals surface area (Å²) in [4.78, 5) is 0. The predicted molar refractivity (Wildman–Crippen MR) is 48.3 cm³/mol. The van der Waals surface area contributed by atoms with Crippen molar-refractivity contribution in [2.75, 3.05) is 0 Å². The third kappa shape index (κ3) is 1.90. The van der Waals surface area contributed by atoms with Gasteiger partial charge in [-0.2, -0.15) is 0 Å². The first-order valence-electron chi connectivity index (χ1n) is 3.68. The van der Waals surface area contributed by atoms with Crippen LogP contribution in [0.2, 0.25) is 13.1 Å². The molecule has 0 aromatic heterocycles. The second kappa shape index (κ2) is 3.18. The third-order valence-corrected chi connectivity index (χ3v) is 3.37. The van der Waals surface area contributed by atoms with Gasteiger partial charge in [0.2, 0.25) is 0 Å². The third-order valence-electron chi connectivity index (χ3n) is 1.73. The molecule has 0 aliphatic rings. The van der Waals surface area contributed by atoms with Gasteiger partial charge in [-0.1, -0.05) is 24.3 Å². The van der Waals surface area contributed by atoms with Crippen LogP contribution in [0.1, 0.15) is 5.56 Å². The van der Waals surface area contributed by atoms with E-state index in [1.54, 1.807) is 12.1 Å². The number of aryl methyl sites for hydroxylation is 1. The lowest BCUT2D eigenvalue weighted by Crippen LogP contribution is -2.25. The first kappa shape index (κ1) is 8.46. The fraction of sp³-hybridized carbons (Fsp3) is 0.333. The van der Waals surface area contributed by atoms with Crippen LogP contribution in [0.3, 0.4) is 0 Å². The zero-order valence-electron chi connectivity index (χ0n) is 7.11. The van der Waals surface area contributed by atoms with Crippen molar-refractivity contribution in [3.8, 4) is 0 Å². The van der Waals surface area contributed by atoms with Gasteiger partial charge in [0.15, 0.2) is 0 Å². The summed E-state index contributed by atoms with van der Waals surface area (Å²) in [6.45, 7) is 6.39. The number of hydrogen-bond acceptors (Lipinski definition) is 0. The van der Waals surface area contributed by atoms with Gasteiger partial charge in [0, 0.05) is 0 Å². The van der Waals surface area contributed by atoms with Crippen LogP contribution in [0.4, 0.5) is 4.39 Å². The minimum absolute atomic E-state index is 0.130. The smallest absolute Gasteiger partial charge is 0.123 e. The van der Waals surface area contributed by atoms with Gasteiger partial charge in [0.05, 0.1) is 8.80 Å². The van der Waals surface area contributed by atoms with Crippen LogP contribution in [0, 0.1) is 12.7 Å². The van der Waals surface area contributed by atoms with Gasteiger partial charge >= 0.3 is 0 Å². The van der Waals surface area contributed by atoms with Crippen molar-refractivity contribution < 1.29 is 4.39 Å². The van der Waals surface area contributed by atoms with E-state index in [0.29, 0.717) is 0 Å². The maximum Gasteiger partial charge on any atom is 0.123 e. The Hall–Kier alpha value is -0.633. The Morgan fingerprint density at radius 3 is 2.36 bits per heavy atom. The highest BCUT2D eigenvalue weighted by Gasteiger charge is 2.04. The van der Waals surface area contributed by atoms with Gasteiger partial charge in [0.1, 0.15) is 5.82 Å². The van der Waals surface area contributed by atoms with Gasteiger partial charge in [0.25, 0.3) is 0 Å². The standard InChI is InChI=1S/C9H12FSi/c1-7-6-8(10)4-5-9(7)11(2)3/h4-6H,1-3H3. The van der Waals surface area contributed by atoms with E-state index < -0.39 is 8.80 Å². The molecule has 1 radical (unpaired) electrons. The van der Waals surface area contributed by atoms with Crippen molar-refractivity contribution in [2.45, 2.75) is 20.0 Å². The number of benzene rings is 1. The Kier molecular flexibility index (Phi) is 2.44. The molecule has 0 nitrogen and oxygen atoms in total. The zero-order chi connectivity index (χ0) is 8.43. The molecule has 59 valence electrons. The fourth-order valence-corrected chi connectivity index (χ4v) is 2.47. The van der Waals surface area contributed by atoms with Crippen molar-refractivity contribution in [3.63, 3.8) is 0 Å². The number of halogens is 1. The Balaban J connectivity index is 3.09. The summed E-state index contributed by atoms with van der Waals surface area (Å²) in [6, 6.07) is 5.05. The van der Waals surface area contributed by atoms with Crippen molar-refractivity contribution in [3.05, 3.63) is 29.6 Å². The van der Waals surface area contributed by atoms with E-state index in [0.717, 1.165) is 5.56 Å². The molecule has 0 amide bonds. The lowest BCUT2D eigenvalue weighted by atomic mass is 10.2. The van der Waals surface area contributed by atoms with Crippen molar-refractivity contribution in [1.82, 2.24) is 0 Å². The molecule has 0 atom stereocenters. The summed E-state index contributed by atoms with van der Waals surface area (Å²) >= 11 is 0. The van der Waals surface area contributed by atoms with Gasteiger partial charge in [-0.3, -0.25) is 0 Å². The molecule has 0 N–H and O–H groups in total. The van der Waals surface area contributed by atoms with Crippen molar-refractivity contribution in [2.24, 2.45) is 0 Å². The SMILES string of the molecule is Cc1cc(F)ccc1[Si](C)C. The van der Waals surface area contributed by atoms with Crippen LogP contribution in [0.25, 0.3) is 0 Å². The highest BCUT2D eigenvalue weighted by atomic mass is 28.3. The molecule has 0 spiro atoms. The largest absolute Gasteiger partial charge is 0.207 e. The highest BCUT2D eigenvalue weighted by molar-refractivity contribution is 6.71. The van der Waals surface area contributed by atoms with Gasteiger partial charge in [-0.05, 0) is 24.6 Å². The zero-order valence-corrected chi connectivity index (χ0v) is 8.11. The summed E-state index contributed by atoms with van der Waals surface area (Å²) in [5, 5.41) is 1.33. The first-order valence-corrected chi connectivity index (χ1v) is 6.18. The Morgan fingerprint density at radius 1 is 1.27 bits per heavy atom. The molecule has 1 aromatic carbocycles. The van der Waals surface area contributed by atoms with Crippen LogP contribution in [0.15, 0.2) is 18.2 Å². The van der Waals surface area contributed by atoms with E-state index in [4.69, 9.17) is 0 Å². The van der Waals surface area contributed by atoms with Crippen molar-refractivity contribution in [1.29, 1.82) is 0 Å². The fourth-order valence-electron chi connectivity index (χ4n) is 1.19. The van der Waals surface area contributed by atoms with E-state index in [9.17, 15) is 4.39 Å². The summed E-state index contributed by atoms with van der Waals surface area (Å²) in [6.07, 6.45) is 0. The van der Waals surface area contributed by atoms with Crippen molar-refractivity contribution >= 4 is 14.0 Å². The summed E-state index contributed by atoms with van der Waals surface area (Å²) in [5.41, 5.74) is 1.09. The van der Waals surface area contributed by atoms with E-state index in [1.807, 2.05) is 13.0 Å². The summed E-state index contributed by atoms with van der Waals surface area (Å²) in [7, 11) is -0.425. The molecule has 0 bridgehead atoms. The monoisotopic (exact) mass is 167 g/mol. The van der Waals surface area contributed by atoms with E-state index in [-0.39, 0.29) is 5.82 Å². The minimum atomic E-state index is -0.425. The molecule has 1 aromatic rings. The molecular formula is C9H12FSi. The topological polar surface area (TPSA) is 0 Å².